The van der Waals surface area contributed by atoms with Crippen LogP contribution in [0.5, 0.6) is 0 Å². The Morgan fingerprint density at radius 1 is 1.18 bits per heavy atom. The molecule has 1 aromatic carbocycles. The zero-order chi connectivity index (χ0) is 12.3. The van der Waals surface area contributed by atoms with Crippen molar-refractivity contribution in [1.29, 1.82) is 0 Å². The second kappa shape index (κ2) is 5.48. The zero-order valence-electron chi connectivity index (χ0n) is 10.7. The maximum Gasteiger partial charge on any atom is 0.0305 e. The van der Waals surface area contributed by atoms with Gasteiger partial charge in [0, 0.05) is 17.5 Å². The second-order valence-electron chi connectivity index (χ2n) is 4.53. The Labute approximate surface area is 108 Å². The lowest BCUT2D eigenvalue weighted by Gasteiger charge is -2.15. The molecule has 2 aromatic rings. The molecule has 0 aliphatic heterocycles. The van der Waals surface area contributed by atoms with Gasteiger partial charge in [0.15, 0.2) is 0 Å². The molecule has 0 aliphatic carbocycles. The van der Waals surface area contributed by atoms with Crippen LogP contribution in [-0.2, 0) is 6.54 Å². The molecule has 1 atom stereocenters. The van der Waals surface area contributed by atoms with Crippen molar-refractivity contribution >= 4 is 11.3 Å². The molecule has 1 heterocycles. The highest BCUT2D eigenvalue weighted by molar-refractivity contribution is 7.09. The number of rotatable bonds is 4. The molecule has 0 spiro atoms. The third-order valence-corrected chi connectivity index (χ3v) is 4.07. The van der Waals surface area contributed by atoms with E-state index in [0.29, 0.717) is 6.04 Å². The highest BCUT2D eigenvalue weighted by Crippen LogP contribution is 2.18. The van der Waals surface area contributed by atoms with Crippen LogP contribution in [0.25, 0.3) is 0 Å². The predicted octanol–water partition coefficient (Wildman–Crippen LogP) is 4.22. The summed E-state index contributed by atoms with van der Waals surface area (Å²) in [6.45, 7) is 7.50. The van der Waals surface area contributed by atoms with Gasteiger partial charge in [0.2, 0.25) is 0 Å². The number of benzene rings is 1. The smallest absolute Gasteiger partial charge is 0.0305 e. The molecule has 0 amide bonds. The van der Waals surface area contributed by atoms with Crippen LogP contribution in [0.1, 0.15) is 34.5 Å². The van der Waals surface area contributed by atoms with Gasteiger partial charge in [-0.05, 0) is 48.9 Å². The van der Waals surface area contributed by atoms with Gasteiger partial charge in [-0.25, -0.2) is 0 Å². The number of thiophene rings is 1. The largest absolute Gasteiger partial charge is 0.305 e. The Morgan fingerprint density at radius 3 is 2.65 bits per heavy atom. The van der Waals surface area contributed by atoms with Crippen molar-refractivity contribution in [3.8, 4) is 0 Å². The summed E-state index contributed by atoms with van der Waals surface area (Å²) < 4.78 is 0. The van der Waals surface area contributed by atoms with Gasteiger partial charge in [0.25, 0.3) is 0 Å². The van der Waals surface area contributed by atoms with Crippen molar-refractivity contribution in [1.82, 2.24) is 5.32 Å². The summed E-state index contributed by atoms with van der Waals surface area (Å²) in [5.74, 6) is 0. The van der Waals surface area contributed by atoms with E-state index in [1.807, 2.05) is 0 Å². The first-order chi connectivity index (χ1) is 8.16. The average molecular weight is 245 g/mol. The van der Waals surface area contributed by atoms with Crippen LogP contribution in [0, 0.1) is 13.8 Å². The third kappa shape index (κ3) is 3.18. The fraction of sp³-hybridized carbons (Fsp3) is 0.333. The summed E-state index contributed by atoms with van der Waals surface area (Å²) in [6, 6.07) is 11.4. The van der Waals surface area contributed by atoms with Gasteiger partial charge >= 0.3 is 0 Å². The predicted molar refractivity (Wildman–Crippen MR) is 75.5 cm³/mol. The number of hydrogen-bond acceptors (Lipinski definition) is 2. The van der Waals surface area contributed by atoms with E-state index < -0.39 is 0 Å². The minimum absolute atomic E-state index is 0.399. The lowest BCUT2D eigenvalue weighted by Crippen LogP contribution is -2.17. The van der Waals surface area contributed by atoms with Gasteiger partial charge in [0.05, 0.1) is 0 Å². The standard InChI is InChI=1S/C15H19NS/c1-11-6-7-14(9-12(11)2)13(3)16-10-15-5-4-8-17-15/h4-9,13,16H,10H2,1-3H3. The maximum absolute atomic E-state index is 3.56. The fourth-order valence-corrected chi connectivity index (χ4v) is 2.47. The first-order valence-corrected chi connectivity index (χ1v) is 6.87. The highest BCUT2D eigenvalue weighted by atomic mass is 32.1. The Morgan fingerprint density at radius 2 is 2.00 bits per heavy atom. The maximum atomic E-state index is 3.56. The van der Waals surface area contributed by atoms with E-state index >= 15 is 0 Å². The molecule has 0 fully saturated rings. The van der Waals surface area contributed by atoms with Crippen molar-refractivity contribution in [3.05, 3.63) is 57.3 Å². The Hall–Kier alpha value is -1.12. The molecule has 17 heavy (non-hydrogen) atoms. The van der Waals surface area contributed by atoms with Gasteiger partial charge in [-0.3, -0.25) is 0 Å². The quantitative estimate of drug-likeness (QED) is 0.850. The number of hydrogen-bond donors (Lipinski definition) is 1. The van der Waals surface area contributed by atoms with E-state index in [9.17, 15) is 0 Å². The molecular weight excluding hydrogens is 226 g/mol. The van der Waals surface area contributed by atoms with E-state index in [1.54, 1.807) is 11.3 Å². The summed E-state index contributed by atoms with van der Waals surface area (Å²) in [5, 5.41) is 5.68. The highest BCUT2D eigenvalue weighted by Gasteiger charge is 2.06. The second-order valence-corrected chi connectivity index (χ2v) is 5.56. The molecule has 2 rings (SSSR count). The molecule has 1 unspecified atom stereocenters. The summed E-state index contributed by atoms with van der Waals surface area (Å²) in [5.41, 5.74) is 4.09. The van der Waals surface area contributed by atoms with Crippen molar-refractivity contribution in [2.24, 2.45) is 0 Å². The van der Waals surface area contributed by atoms with Crippen molar-refractivity contribution < 1.29 is 0 Å². The van der Waals surface area contributed by atoms with Gasteiger partial charge in [-0.2, -0.15) is 0 Å². The van der Waals surface area contributed by atoms with E-state index in [0.717, 1.165) is 6.54 Å². The molecule has 0 bridgehead atoms. The lowest BCUT2D eigenvalue weighted by molar-refractivity contribution is 0.578. The fourth-order valence-electron chi connectivity index (χ4n) is 1.82. The van der Waals surface area contributed by atoms with Crippen LogP contribution in [0.15, 0.2) is 35.7 Å². The average Bonchev–Trinajstić information content (AvgIpc) is 2.82. The SMILES string of the molecule is Cc1ccc(C(C)NCc2cccs2)cc1C. The van der Waals surface area contributed by atoms with Crippen molar-refractivity contribution in [2.75, 3.05) is 0 Å². The Bertz CT molecular complexity index is 474. The molecule has 1 N–H and O–H groups in total. The van der Waals surface area contributed by atoms with Gasteiger partial charge < -0.3 is 5.32 Å². The minimum Gasteiger partial charge on any atom is -0.305 e. The molecule has 2 heteroatoms. The van der Waals surface area contributed by atoms with E-state index in [2.05, 4.69) is 61.8 Å². The Kier molecular flexibility index (Phi) is 3.97. The minimum atomic E-state index is 0.399. The topological polar surface area (TPSA) is 12.0 Å². The van der Waals surface area contributed by atoms with Crippen LogP contribution in [0.2, 0.25) is 0 Å². The number of nitrogens with one attached hydrogen (secondary N) is 1. The van der Waals surface area contributed by atoms with Gasteiger partial charge in [-0.1, -0.05) is 24.3 Å². The summed E-state index contributed by atoms with van der Waals surface area (Å²) in [7, 11) is 0. The molecule has 0 radical (unpaired) electrons. The molecule has 1 aromatic heterocycles. The summed E-state index contributed by atoms with van der Waals surface area (Å²) in [4.78, 5) is 1.39. The molecule has 0 aliphatic rings. The third-order valence-electron chi connectivity index (χ3n) is 3.19. The van der Waals surface area contributed by atoms with Crippen molar-refractivity contribution in [3.63, 3.8) is 0 Å². The van der Waals surface area contributed by atoms with E-state index in [4.69, 9.17) is 0 Å². The van der Waals surface area contributed by atoms with Crippen LogP contribution >= 0.6 is 11.3 Å². The molecular formula is C15H19NS. The number of aryl methyl sites for hydroxylation is 2. The monoisotopic (exact) mass is 245 g/mol. The van der Waals surface area contributed by atoms with Gasteiger partial charge in [-0.15, -0.1) is 11.3 Å². The Balaban J connectivity index is 1.99. The lowest BCUT2D eigenvalue weighted by atomic mass is 10.0. The first-order valence-electron chi connectivity index (χ1n) is 6.00. The van der Waals surface area contributed by atoms with E-state index in [1.165, 1.54) is 21.6 Å². The normalized spacial score (nSPS) is 12.6. The van der Waals surface area contributed by atoms with Crippen LogP contribution < -0.4 is 5.32 Å². The van der Waals surface area contributed by atoms with Crippen molar-refractivity contribution in [2.45, 2.75) is 33.4 Å². The summed E-state index contributed by atoms with van der Waals surface area (Å²) in [6.07, 6.45) is 0. The molecule has 90 valence electrons. The van der Waals surface area contributed by atoms with Gasteiger partial charge in [0.1, 0.15) is 0 Å². The first kappa shape index (κ1) is 12.3. The molecule has 0 saturated heterocycles. The zero-order valence-corrected chi connectivity index (χ0v) is 11.5. The van der Waals surface area contributed by atoms with Crippen LogP contribution in [-0.4, -0.2) is 0 Å². The van der Waals surface area contributed by atoms with E-state index in [-0.39, 0.29) is 0 Å². The molecule has 1 nitrogen and oxygen atoms in total. The molecule has 0 saturated carbocycles. The van der Waals surface area contributed by atoms with Crippen LogP contribution in [0.4, 0.5) is 0 Å². The summed E-state index contributed by atoms with van der Waals surface area (Å²) >= 11 is 1.80. The van der Waals surface area contributed by atoms with Crippen LogP contribution in [0.3, 0.4) is 0 Å².